The van der Waals surface area contributed by atoms with Crippen molar-refractivity contribution in [2.24, 2.45) is 5.73 Å². The number of nitrogens with zero attached hydrogens (tertiary/aromatic N) is 1. The highest BCUT2D eigenvalue weighted by Crippen LogP contribution is 2.11. The van der Waals surface area contributed by atoms with Crippen molar-refractivity contribution in [3.05, 3.63) is 16.1 Å². The van der Waals surface area contributed by atoms with Gasteiger partial charge in [0.25, 0.3) is 0 Å². The summed E-state index contributed by atoms with van der Waals surface area (Å²) in [5.74, 6) is -0.0199. The molecule has 0 bridgehead atoms. The molecule has 1 aromatic heterocycles. The van der Waals surface area contributed by atoms with Crippen LogP contribution in [0, 0.1) is 6.92 Å². The molecule has 0 fully saturated rings. The summed E-state index contributed by atoms with van der Waals surface area (Å²) in [6.07, 6.45) is 2.12. The molecule has 84 valence electrons. The van der Waals surface area contributed by atoms with Gasteiger partial charge >= 0.3 is 0 Å². The molecule has 0 atom stereocenters. The lowest BCUT2D eigenvalue weighted by Gasteiger charge is -2.17. The molecule has 3 N–H and O–H groups in total. The van der Waals surface area contributed by atoms with E-state index in [0.29, 0.717) is 13.0 Å². The summed E-state index contributed by atoms with van der Waals surface area (Å²) in [6.45, 7) is 6.16. The largest absolute Gasteiger partial charge is 0.351 e. The molecule has 1 aromatic rings. The molecule has 0 radical (unpaired) electrons. The fourth-order valence-corrected chi connectivity index (χ4v) is 1.88. The Morgan fingerprint density at radius 3 is 2.80 bits per heavy atom. The molecule has 0 spiro atoms. The van der Waals surface area contributed by atoms with Crippen molar-refractivity contribution in [1.29, 1.82) is 0 Å². The molecule has 0 aliphatic heterocycles. The van der Waals surface area contributed by atoms with E-state index in [1.807, 2.05) is 20.8 Å². The van der Waals surface area contributed by atoms with Gasteiger partial charge < -0.3 is 11.1 Å². The van der Waals surface area contributed by atoms with Crippen molar-refractivity contribution in [3.63, 3.8) is 0 Å². The summed E-state index contributed by atoms with van der Waals surface area (Å²) in [5, 5.41) is 3.83. The number of thiazole rings is 1. The number of carbonyl (C=O) groups excluding carboxylic acids is 1. The Kier molecular flexibility index (Phi) is 3.82. The van der Waals surface area contributed by atoms with Crippen molar-refractivity contribution in [2.45, 2.75) is 39.3 Å². The zero-order chi connectivity index (χ0) is 11.5. The molecule has 0 aromatic carbocycles. The first-order chi connectivity index (χ1) is 6.87. The van der Waals surface area contributed by atoms with Gasteiger partial charge in [-0.3, -0.25) is 4.79 Å². The van der Waals surface area contributed by atoms with Gasteiger partial charge in [0.2, 0.25) is 5.91 Å². The molecule has 0 aliphatic rings. The summed E-state index contributed by atoms with van der Waals surface area (Å²) in [6, 6.07) is 0. The smallest absolute Gasteiger partial charge is 0.222 e. The molecule has 0 aliphatic carbocycles. The fourth-order valence-electron chi connectivity index (χ4n) is 1.15. The Bertz CT molecular complexity index is 341. The van der Waals surface area contributed by atoms with Crippen LogP contribution >= 0.6 is 11.3 Å². The van der Waals surface area contributed by atoms with Crippen LogP contribution in [-0.2, 0) is 11.3 Å². The van der Waals surface area contributed by atoms with E-state index in [-0.39, 0.29) is 5.91 Å². The standard InChI is InChI=1S/C10H17N3OS/c1-7-12-5-8(15-7)6-13-9(14)4-10(2,3)11/h5H,4,6,11H2,1-3H3,(H,13,14). The highest BCUT2D eigenvalue weighted by molar-refractivity contribution is 7.11. The third kappa shape index (κ3) is 4.90. The lowest BCUT2D eigenvalue weighted by Crippen LogP contribution is -2.38. The van der Waals surface area contributed by atoms with Crippen LogP contribution in [0.25, 0.3) is 0 Å². The Hall–Kier alpha value is -0.940. The zero-order valence-corrected chi connectivity index (χ0v) is 10.1. The number of nitrogens with one attached hydrogen (secondary N) is 1. The van der Waals surface area contributed by atoms with E-state index in [0.717, 1.165) is 9.88 Å². The molecule has 0 unspecified atom stereocenters. The Balaban J connectivity index is 2.35. The number of amides is 1. The third-order valence-corrected chi connectivity index (χ3v) is 2.66. The van der Waals surface area contributed by atoms with Gasteiger partial charge in [-0.1, -0.05) is 0 Å². The lowest BCUT2D eigenvalue weighted by atomic mass is 10.0. The SMILES string of the molecule is Cc1ncc(CNC(=O)CC(C)(C)N)s1. The second-order valence-electron chi connectivity index (χ2n) is 4.29. The van der Waals surface area contributed by atoms with Crippen LogP contribution in [0.1, 0.15) is 30.2 Å². The molecule has 1 amide bonds. The Morgan fingerprint density at radius 1 is 1.67 bits per heavy atom. The molecule has 0 saturated heterocycles. The second kappa shape index (κ2) is 4.72. The average Bonchev–Trinajstić information content (AvgIpc) is 2.45. The predicted octanol–water partition coefficient (Wildman–Crippen LogP) is 1.20. The third-order valence-electron chi connectivity index (χ3n) is 1.75. The number of aromatic nitrogens is 1. The molecule has 1 heterocycles. The molecule has 4 nitrogen and oxygen atoms in total. The van der Waals surface area contributed by atoms with Crippen LogP contribution in [-0.4, -0.2) is 16.4 Å². The second-order valence-corrected chi connectivity index (χ2v) is 5.61. The molecular formula is C10H17N3OS. The van der Waals surface area contributed by atoms with Crippen LogP contribution in [0.2, 0.25) is 0 Å². The maximum absolute atomic E-state index is 11.4. The first-order valence-electron chi connectivity index (χ1n) is 4.84. The van der Waals surface area contributed by atoms with E-state index in [9.17, 15) is 4.79 Å². The summed E-state index contributed by atoms with van der Waals surface area (Å²) in [5.41, 5.74) is 5.29. The molecule has 15 heavy (non-hydrogen) atoms. The monoisotopic (exact) mass is 227 g/mol. The summed E-state index contributed by atoms with van der Waals surface area (Å²) in [4.78, 5) is 16.6. The van der Waals surface area contributed by atoms with Gasteiger partial charge in [-0.25, -0.2) is 4.98 Å². The Labute approximate surface area is 93.9 Å². The van der Waals surface area contributed by atoms with Crippen molar-refractivity contribution >= 4 is 17.2 Å². The minimum absolute atomic E-state index is 0.0199. The number of nitrogens with two attached hydrogens (primary N) is 1. The van der Waals surface area contributed by atoms with Gasteiger partial charge in [0, 0.05) is 23.0 Å². The average molecular weight is 227 g/mol. The topological polar surface area (TPSA) is 68.0 Å². The van der Waals surface area contributed by atoms with Gasteiger partial charge in [0.1, 0.15) is 0 Å². The predicted molar refractivity (Wildman–Crippen MR) is 61.6 cm³/mol. The van der Waals surface area contributed by atoms with Gasteiger partial charge in [-0.2, -0.15) is 0 Å². The number of hydrogen-bond acceptors (Lipinski definition) is 4. The van der Waals surface area contributed by atoms with Crippen molar-refractivity contribution in [3.8, 4) is 0 Å². The van der Waals surface area contributed by atoms with Crippen molar-refractivity contribution in [2.75, 3.05) is 0 Å². The highest BCUT2D eigenvalue weighted by atomic mass is 32.1. The van der Waals surface area contributed by atoms with Gasteiger partial charge in [-0.05, 0) is 20.8 Å². The van der Waals surface area contributed by atoms with Gasteiger partial charge in [0.05, 0.1) is 11.6 Å². The minimum atomic E-state index is -0.451. The van der Waals surface area contributed by atoms with E-state index in [2.05, 4.69) is 10.3 Å². The summed E-state index contributed by atoms with van der Waals surface area (Å²) in [7, 11) is 0. The number of hydrogen-bond donors (Lipinski definition) is 2. The van der Waals surface area contributed by atoms with E-state index < -0.39 is 5.54 Å². The van der Waals surface area contributed by atoms with Crippen molar-refractivity contribution in [1.82, 2.24) is 10.3 Å². The van der Waals surface area contributed by atoms with E-state index in [4.69, 9.17) is 5.73 Å². The quantitative estimate of drug-likeness (QED) is 0.812. The van der Waals surface area contributed by atoms with Crippen LogP contribution in [0.4, 0.5) is 0 Å². The maximum atomic E-state index is 11.4. The van der Waals surface area contributed by atoms with E-state index in [1.165, 1.54) is 0 Å². The van der Waals surface area contributed by atoms with E-state index in [1.54, 1.807) is 17.5 Å². The normalized spacial score (nSPS) is 11.5. The van der Waals surface area contributed by atoms with Crippen LogP contribution in [0.15, 0.2) is 6.20 Å². The molecule has 0 saturated carbocycles. The van der Waals surface area contributed by atoms with Crippen molar-refractivity contribution < 1.29 is 4.79 Å². The van der Waals surface area contributed by atoms with E-state index >= 15 is 0 Å². The summed E-state index contributed by atoms with van der Waals surface area (Å²) < 4.78 is 0. The Morgan fingerprint density at radius 2 is 2.33 bits per heavy atom. The fraction of sp³-hybridized carbons (Fsp3) is 0.600. The first-order valence-corrected chi connectivity index (χ1v) is 5.65. The molecule has 5 heteroatoms. The van der Waals surface area contributed by atoms with Gasteiger partial charge in [0.15, 0.2) is 0 Å². The highest BCUT2D eigenvalue weighted by Gasteiger charge is 2.15. The van der Waals surface area contributed by atoms with Crippen LogP contribution < -0.4 is 11.1 Å². The van der Waals surface area contributed by atoms with Gasteiger partial charge in [-0.15, -0.1) is 11.3 Å². The van der Waals surface area contributed by atoms with Crippen LogP contribution in [0.3, 0.4) is 0 Å². The number of aryl methyl sites for hydroxylation is 1. The minimum Gasteiger partial charge on any atom is -0.351 e. The molecular weight excluding hydrogens is 210 g/mol. The lowest BCUT2D eigenvalue weighted by molar-refractivity contribution is -0.122. The summed E-state index contributed by atoms with van der Waals surface area (Å²) >= 11 is 1.59. The van der Waals surface area contributed by atoms with Crippen LogP contribution in [0.5, 0.6) is 0 Å². The first kappa shape index (κ1) is 12.1. The number of carbonyl (C=O) groups is 1. The zero-order valence-electron chi connectivity index (χ0n) is 9.33. The number of rotatable bonds is 4. The molecule has 1 rings (SSSR count). The maximum Gasteiger partial charge on any atom is 0.222 e.